The summed E-state index contributed by atoms with van der Waals surface area (Å²) in [5.41, 5.74) is 2.18. The monoisotopic (exact) mass is 476 g/mol. The highest BCUT2D eigenvalue weighted by atomic mass is 16.5. The van der Waals surface area contributed by atoms with E-state index in [1.807, 2.05) is 43.3 Å². The lowest BCUT2D eigenvalue weighted by atomic mass is 9.64. The van der Waals surface area contributed by atoms with Crippen LogP contribution in [0.15, 0.2) is 48.5 Å². The van der Waals surface area contributed by atoms with Gasteiger partial charge in [0, 0.05) is 24.4 Å². The molecule has 0 radical (unpaired) electrons. The van der Waals surface area contributed by atoms with E-state index in [4.69, 9.17) is 9.47 Å². The molecule has 5 atom stereocenters. The Balaban J connectivity index is 1.45. The molecule has 2 amide bonds. The Morgan fingerprint density at radius 2 is 1.74 bits per heavy atom. The van der Waals surface area contributed by atoms with Gasteiger partial charge in [-0.25, -0.2) is 0 Å². The van der Waals surface area contributed by atoms with Crippen LogP contribution >= 0.6 is 0 Å². The third-order valence-electron chi connectivity index (χ3n) is 8.57. The molecule has 35 heavy (non-hydrogen) atoms. The van der Waals surface area contributed by atoms with Crippen LogP contribution in [0.4, 0.5) is 0 Å². The van der Waals surface area contributed by atoms with Crippen molar-refractivity contribution in [1.82, 2.24) is 9.80 Å². The lowest BCUT2D eigenvalue weighted by molar-refractivity contribution is -0.143. The summed E-state index contributed by atoms with van der Waals surface area (Å²) in [6, 6.07) is 16.3. The molecule has 1 aliphatic carbocycles. The summed E-state index contributed by atoms with van der Waals surface area (Å²) in [6.07, 6.45) is 4.69. The molecule has 2 aromatic carbocycles. The maximum absolute atomic E-state index is 13.8. The number of hydrogen-bond acceptors (Lipinski definition) is 4. The zero-order valence-electron chi connectivity index (χ0n) is 21.2. The Labute approximate surface area is 208 Å². The molecule has 186 valence electrons. The van der Waals surface area contributed by atoms with Gasteiger partial charge in [0.2, 0.25) is 5.91 Å². The SMILES string of the molecule is COc1cc(C)ccc1OCC(=O)N1[C@H]2CCC[C@H]3N(C(C)=O)[C@@H](Cc4ccccc4)[C@@H]1C[C@@]23C. The molecular weight excluding hydrogens is 440 g/mol. The first kappa shape index (κ1) is 23.7. The largest absolute Gasteiger partial charge is 0.493 e. The van der Waals surface area contributed by atoms with Gasteiger partial charge < -0.3 is 19.3 Å². The zero-order valence-corrected chi connectivity index (χ0v) is 21.2. The van der Waals surface area contributed by atoms with Crippen molar-refractivity contribution < 1.29 is 19.1 Å². The molecule has 0 aromatic heterocycles. The first-order valence-electron chi connectivity index (χ1n) is 12.7. The van der Waals surface area contributed by atoms with Crippen molar-refractivity contribution in [3.63, 3.8) is 0 Å². The van der Waals surface area contributed by atoms with Gasteiger partial charge in [0.05, 0.1) is 19.2 Å². The lowest BCUT2D eigenvalue weighted by Gasteiger charge is -2.52. The number of methoxy groups -OCH3 is 1. The first-order chi connectivity index (χ1) is 16.8. The number of piperidine rings is 1. The molecule has 6 heteroatoms. The van der Waals surface area contributed by atoms with Crippen molar-refractivity contribution >= 4 is 11.8 Å². The Bertz CT molecular complexity index is 1100. The summed E-state index contributed by atoms with van der Waals surface area (Å²) in [5.74, 6) is 1.32. The molecule has 3 fully saturated rings. The Hall–Kier alpha value is -3.02. The minimum absolute atomic E-state index is 0.00420. The second-order valence-electron chi connectivity index (χ2n) is 10.7. The predicted molar refractivity (Wildman–Crippen MR) is 134 cm³/mol. The third-order valence-corrected chi connectivity index (χ3v) is 8.57. The second kappa shape index (κ2) is 9.21. The smallest absolute Gasteiger partial charge is 0.261 e. The minimum atomic E-state index is -0.0843. The number of likely N-dealkylation sites (tertiary alicyclic amines) is 2. The number of fused-ring (bicyclic) bond motifs is 1. The van der Waals surface area contributed by atoms with Crippen LogP contribution in [0.5, 0.6) is 11.5 Å². The average Bonchev–Trinajstić information content (AvgIpc) is 3.16. The standard InChI is InChI=1S/C29H36N2O4/c1-19-13-14-24(25(15-19)34-4)35-18-28(33)31-23-17-29(3)26(11-8-12-27(29)31)30(20(2)32)22(23)16-21-9-6-5-7-10-21/h5-7,9-10,13-15,22-23,26-27H,8,11-12,16-18H2,1-4H3/t22-,23-,26+,27-,29+/m0/s1. The van der Waals surface area contributed by atoms with Crippen LogP contribution < -0.4 is 9.47 Å². The number of ether oxygens (including phenoxy) is 2. The van der Waals surface area contributed by atoms with E-state index < -0.39 is 0 Å². The quantitative estimate of drug-likeness (QED) is 0.621. The number of carbonyl (C=O) groups excluding carboxylic acids is 2. The normalized spacial score (nSPS) is 29.1. The second-order valence-corrected chi connectivity index (χ2v) is 10.7. The van der Waals surface area contributed by atoms with E-state index in [1.54, 1.807) is 14.0 Å². The Morgan fingerprint density at radius 3 is 2.43 bits per heavy atom. The van der Waals surface area contributed by atoms with Crippen LogP contribution in [0.25, 0.3) is 0 Å². The molecule has 5 rings (SSSR count). The maximum atomic E-state index is 13.8. The molecule has 0 unspecified atom stereocenters. The van der Waals surface area contributed by atoms with Gasteiger partial charge in [-0.1, -0.05) is 43.3 Å². The van der Waals surface area contributed by atoms with Gasteiger partial charge in [0.15, 0.2) is 18.1 Å². The zero-order chi connectivity index (χ0) is 24.7. The van der Waals surface area contributed by atoms with Crippen molar-refractivity contribution in [2.75, 3.05) is 13.7 Å². The van der Waals surface area contributed by atoms with E-state index in [9.17, 15) is 9.59 Å². The van der Waals surface area contributed by atoms with Crippen LogP contribution in [0.3, 0.4) is 0 Å². The van der Waals surface area contributed by atoms with Crippen molar-refractivity contribution in [3.8, 4) is 11.5 Å². The third kappa shape index (κ3) is 4.07. The van der Waals surface area contributed by atoms with E-state index >= 15 is 0 Å². The summed E-state index contributed by atoms with van der Waals surface area (Å²) >= 11 is 0. The van der Waals surface area contributed by atoms with Crippen LogP contribution in [-0.4, -0.2) is 59.5 Å². The summed E-state index contributed by atoms with van der Waals surface area (Å²) in [7, 11) is 1.61. The number of aryl methyl sites for hydroxylation is 1. The number of hydrogen-bond donors (Lipinski definition) is 0. The first-order valence-corrected chi connectivity index (χ1v) is 12.7. The molecule has 1 saturated carbocycles. The Morgan fingerprint density at radius 1 is 1.03 bits per heavy atom. The number of carbonyl (C=O) groups is 2. The number of amides is 2. The molecule has 2 heterocycles. The van der Waals surface area contributed by atoms with Crippen molar-refractivity contribution in [2.45, 2.75) is 77.0 Å². The molecular formula is C29H36N2O4. The van der Waals surface area contributed by atoms with Gasteiger partial charge in [-0.2, -0.15) is 0 Å². The average molecular weight is 477 g/mol. The van der Waals surface area contributed by atoms with Crippen molar-refractivity contribution in [2.24, 2.45) is 5.41 Å². The summed E-state index contributed by atoms with van der Waals surface area (Å²) < 4.78 is 11.5. The van der Waals surface area contributed by atoms with Gasteiger partial charge in [-0.15, -0.1) is 0 Å². The number of rotatable bonds is 6. The van der Waals surface area contributed by atoms with Crippen LogP contribution in [0.2, 0.25) is 0 Å². The fourth-order valence-corrected chi connectivity index (χ4v) is 7.10. The van der Waals surface area contributed by atoms with E-state index in [1.165, 1.54) is 5.56 Å². The maximum Gasteiger partial charge on any atom is 0.261 e. The van der Waals surface area contributed by atoms with Crippen LogP contribution in [-0.2, 0) is 16.0 Å². The van der Waals surface area contributed by atoms with Gasteiger partial charge in [-0.3, -0.25) is 9.59 Å². The van der Waals surface area contributed by atoms with E-state index in [2.05, 4.69) is 28.9 Å². The van der Waals surface area contributed by atoms with Gasteiger partial charge >= 0.3 is 0 Å². The van der Waals surface area contributed by atoms with E-state index in [0.717, 1.165) is 37.7 Å². The van der Waals surface area contributed by atoms with E-state index in [-0.39, 0.29) is 48.0 Å². The van der Waals surface area contributed by atoms with Crippen molar-refractivity contribution in [3.05, 3.63) is 59.7 Å². The topological polar surface area (TPSA) is 59.1 Å². The molecule has 0 N–H and O–H groups in total. The van der Waals surface area contributed by atoms with Crippen LogP contribution in [0, 0.1) is 12.3 Å². The summed E-state index contributed by atoms with van der Waals surface area (Å²) in [6.45, 7) is 5.94. The highest BCUT2D eigenvalue weighted by molar-refractivity contribution is 5.80. The molecule has 6 nitrogen and oxygen atoms in total. The molecule has 2 aliphatic heterocycles. The fourth-order valence-electron chi connectivity index (χ4n) is 7.10. The van der Waals surface area contributed by atoms with Gasteiger partial charge in [-0.05, 0) is 62.3 Å². The highest BCUT2D eigenvalue weighted by Gasteiger charge is 2.64. The number of benzene rings is 2. The molecule has 0 spiro atoms. The molecule has 3 aliphatic rings. The molecule has 2 aromatic rings. The lowest BCUT2D eigenvalue weighted by Crippen LogP contribution is -2.62. The number of nitrogens with zero attached hydrogens (tertiary/aromatic N) is 2. The summed E-state index contributed by atoms with van der Waals surface area (Å²) in [5, 5.41) is 0. The highest BCUT2D eigenvalue weighted by Crippen LogP contribution is 2.56. The van der Waals surface area contributed by atoms with Gasteiger partial charge in [0.25, 0.3) is 5.91 Å². The predicted octanol–water partition coefficient (Wildman–Crippen LogP) is 4.38. The molecule has 2 saturated heterocycles. The fraction of sp³-hybridized carbons (Fsp3) is 0.517. The van der Waals surface area contributed by atoms with Crippen LogP contribution in [0.1, 0.15) is 50.7 Å². The summed E-state index contributed by atoms with van der Waals surface area (Å²) in [4.78, 5) is 31.1. The van der Waals surface area contributed by atoms with Crippen molar-refractivity contribution in [1.29, 1.82) is 0 Å². The van der Waals surface area contributed by atoms with E-state index in [0.29, 0.717) is 11.5 Å². The molecule has 2 bridgehead atoms. The Kier molecular flexibility index (Phi) is 6.24. The van der Waals surface area contributed by atoms with Gasteiger partial charge in [0.1, 0.15) is 0 Å². The minimum Gasteiger partial charge on any atom is -0.493 e.